The van der Waals surface area contributed by atoms with Crippen molar-refractivity contribution in [1.82, 2.24) is 0 Å². The van der Waals surface area contributed by atoms with Crippen molar-refractivity contribution in [3.8, 4) is 0 Å². The molecule has 4 aliphatic rings. The summed E-state index contributed by atoms with van der Waals surface area (Å²) in [6, 6.07) is 0.346. The van der Waals surface area contributed by atoms with Crippen LogP contribution in [0.4, 0.5) is 0 Å². The zero-order valence-electron chi connectivity index (χ0n) is 8.41. The third kappa shape index (κ3) is 0.937. The summed E-state index contributed by atoms with van der Waals surface area (Å²) in [5, 5.41) is 0. The first kappa shape index (κ1) is 8.72. The zero-order valence-corrected chi connectivity index (χ0v) is 8.41. The lowest BCUT2D eigenvalue weighted by Crippen LogP contribution is -2.60. The Balaban J connectivity index is 1.96. The fourth-order valence-electron chi connectivity index (χ4n) is 4.37. The van der Waals surface area contributed by atoms with Gasteiger partial charge in [-0.05, 0) is 49.9 Å². The SMILES string of the molecule is NC(=O)C12CC3CC(C1)C(N)C(C3)C2. The van der Waals surface area contributed by atoms with Crippen LogP contribution < -0.4 is 11.5 Å². The minimum Gasteiger partial charge on any atom is -0.369 e. The Morgan fingerprint density at radius 1 is 1.14 bits per heavy atom. The molecule has 78 valence electrons. The molecule has 4 rings (SSSR count). The summed E-state index contributed by atoms with van der Waals surface area (Å²) in [7, 11) is 0. The van der Waals surface area contributed by atoms with E-state index in [0.717, 1.165) is 25.2 Å². The Labute approximate surface area is 84.2 Å². The highest BCUT2D eigenvalue weighted by Crippen LogP contribution is 2.59. The number of hydrogen-bond acceptors (Lipinski definition) is 2. The highest BCUT2D eigenvalue weighted by molar-refractivity contribution is 5.81. The zero-order chi connectivity index (χ0) is 9.92. The first-order valence-electron chi connectivity index (χ1n) is 5.66. The normalized spacial score (nSPS) is 54.9. The maximum atomic E-state index is 11.5. The van der Waals surface area contributed by atoms with Gasteiger partial charge in [0.05, 0.1) is 0 Å². The van der Waals surface area contributed by atoms with Gasteiger partial charge in [-0.1, -0.05) is 0 Å². The van der Waals surface area contributed by atoms with Crippen LogP contribution in [0, 0.1) is 23.2 Å². The van der Waals surface area contributed by atoms with E-state index in [9.17, 15) is 4.79 Å². The van der Waals surface area contributed by atoms with Crippen molar-refractivity contribution in [2.45, 2.75) is 38.1 Å². The van der Waals surface area contributed by atoms with Crippen LogP contribution in [-0.4, -0.2) is 11.9 Å². The molecule has 1 amide bonds. The number of carbonyl (C=O) groups excluding carboxylic acids is 1. The highest BCUT2D eigenvalue weighted by atomic mass is 16.1. The third-order valence-corrected chi connectivity index (χ3v) is 4.87. The molecule has 0 heterocycles. The van der Waals surface area contributed by atoms with Gasteiger partial charge in [0.15, 0.2) is 0 Å². The lowest BCUT2D eigenvalue weighted by Gasteiger charge is -2.58. The van der Waals surface area contributed by atoms with Crippen molar-refractivity contribution in [3.63, 3.8) is 0 Å². The van der Waals surface area contributed by atoms with Gasteiger partial charge < -0.3 is 11.5 Å². The van der Waals surface area contributed by atoms with Crippen LogP contribution in [0.15, 0.2) is 0 Å². The Bertz CT molecular complexity index is 273. The monoisotopic (exact) mass is 194 g/mol. The molecule has 0 aromatic carbocycles. The van der Waals surface area contributed by atoms with Crippen LogP contribution in [0.25, 0.3) is 0 Å². The number of carbonyl (C=O) groups is 1. The van der Waals surface area contributed by atoms with Crippen LogP contribution in [0.1, 0.15) is 32.1 Å². The molecule has 0 saturated heterocycles. The van der Waals surface area contributed by atoms with Gasteiger partial charge in [0.2, 0.25) is 5.91 Å². The summed E-state index contributed by atoms with van der Waals surface area (Å²) in [6.45, 7) is 0. The third-order valence-electron chi connectivity index (χ3n) is 4.87. The largest absolute Gasteiger partial charge is 0.369 e. The standard InChI is InChI=1S/C11H18N2O/c12-9-7-1-6-2-8(9)5-11(3-6,4-7)10(13)14/h6-9H,1-5,12H2,(H2,13,14). The second kappa shape index (κ2) is 2.51. The van der Waals surface area contributed by atoms with Gasteiger partial charge in [0, 0.05) is 11.5 Å². The molecule has 0 spiro atoms. The van der Waals surface area contributed by atoms with Gasteiger partial charge in [0.25, 0.3) is 0 Å². The van der Waals surface area contributed by atoms with Crippen molar-refractivity contribution >= 4 is 5.91 Å². The van der Waals surface area contributed by atoms with Crippen molar-refractivity contribution < 1.29 is 4.79 Å². The molecule has 4 saturated carbocycles. The molecule has 4 fully saturated rings. The highest BCUT2D eigenvalue weighted by Gasteiger charge is 2.56. The van der Waals surface area contributed by atoms with E-state index in [1.165, 1.54) is 12.8 Å². The van der Waals surface area contributed by atoms with E-state index >= 15 is 0 Å². The van der Waals surface area contributed by atoms with Crippen molar-refractivity contribution in [2.75, 3.05) is 0 Å². The Morgan fingerprint density at radius 3 is 2.21 bits per heavy atom. The Kier molecular flexibility index (Phi) is 1.56. The van der Waals surface area contributed by atoms with Crippen LogP contribution in [0.5, 0.6) is 0 Å². The first-order chi connectivity index (χ1) is 6.61. The molecule has 0 radical (unpaired) electrons. The van der Waals surface area contributed by atoms with Gasteiger partial charge >= 0.3 is 0 Å². The predicted molar refractivity (Wildman–Crippen MR) is 53.2 cm³/mol. The number of primary amides is 1. The molecule has 0 aromatic heterocycles. The molecule has 3 heteroatoms. The number of rotatable bonds is 1. The van der Waals surface area contributed by atoms with Gasteiger partial charge in [-0.3, -0.25) is 4.79 Å². The van der Waals surface area contributed by atoms with Gasteiger partial charge in [-0.15, -0.1) is 0 Å². The molecular formula is C11H18N2O. The maximum absolute atomic E-state index is 11.5. The van der Waals surface area contributed by atoms with E-state index in [1.54, 1.807) is 0 Å². The van der Waals surface area contributed by atoms with Crippen molar-refractivity contribution in [2.24, 2.45) is 34.6 Å². The lowest BCUT2D eigenvalue weighted by atomic mass is 9.48. The van der Waals surface area contributed by atoms with E-state index in [2.05, 4.69) is 0 Å². The fraction of sp³-hybridized carbons (Fsp3) is 0.909. The van der Waals surface area contributed by atoms with E-state index in [1.807, 2.05) is 0 Å². The lowest BCUT2D eigenvalue weighted by molar-refractivity contribution is -0.144. The second-order valence-corrected chi connectivity index (χ2v) is 5.69. The molecule has 4 bridgehead atoms. The summed E-state index contributed by atoms with van der Waals surface area (Å²) in [4.78, 5) is 11.5. The Hall–Kier alpha value is -0.570. The smallest absolute Gasteiger partial charge is 0.223 e. The second-order valence-electron chi connectivity index (χ2n) is 5.69. The quantitative estimate of drug-likeness (QED) is 0.642. The summed E-state index contributed by atoms with van der Waals surface area (Å²) in [6.07, 6.45) is 5.47. The summed E-state index contributed by atoms with van der Waals surface area (Å²) < 4.78 is 0. The fourth-order valence-corrected chi connectivity index (χ4v) is 4.37. The predicted octanol–water partition coefficient (Wildman–Crippen LogP) is 0.625. The van der Waals surface area contributed by atoms with E-state index in [4.69, 9.17) is 11.5 Å². The van der Waals surface area contributed by atoms with Gasteiger partial charge in [-0.2, -0.15) is 0 Å². The number of nitrogens with two attached hydrogens (primary N) is 2. The first-order valence-corrected chi connectivity index (χ1v) is 5.66. The summed E-state index contributed by atoms with van der Waals surface area (Å²) in [5.41, 5.74) is 11.6. The minimum absolute atomic E-state index is 0.0659. The molecule has 0 aromatic rings. The Morgan fingerprint density at radius 2 is 1.71 bits per heavy atom. The number of hydrogen-bond donors (Lipinski definition) is 2. The molecule has 4 N–H and O–H groups in total. The van der Waals surface area contributed by atoms with Crippen LogP contribution in [-0.2, 0) is 4.79 Å². The summed E-state index contributed by atoms with van der Waals surface area (Å²) >= 11 is 0. The van der Waals surface area contributed by atoms with Crippen molar-refractivity contribution in [1.29, 1.82) is 0 Å². The molecule has 14 heavy (non-hydrogen) atoms. The van der Waals surface area contributed by atoms with Gasteiger partial charge in [0.1, 0.15) is 0 Å². The average molecular weight is 194 g/mol. The molecule has 2 atom stereocenters. The van der Waals surface area contributed by atoms with E-state index in [0.29, 0.717) is 17.9 Å². The maximum Gasteiger partial charge on any atom is 0.223 e. The van der Waals surface area contributed by atoms with Crippen LogP contribution in [0.2, 0.25) is 0 Å². The van der Waals surface area contributed by atoms with Crippen LogP contribution >= 0.6 is 0 Å². The molecule has 4 aliphatic carbocycles. The molecule has 2 unspecified atom stereocenters. The molecule has 3 nitrogen and oxygen atoms in total. The topological polar surface area (TPSA) is 69.1 Å². The average Bonchev–Trinajstić information content (AvgIpc) is 2.12. The van der Waals surface area contributed by atoms with E-state index < -0.39 is 0 Å². The van der Waals surface area contributed by atoms with Crippen LogP contribution in [0.3, 0.4) is 0 Å². The van der Waals surface area contributed by atoms with E-state index in [-0.39, 0.29) is 11.3 Å². The molecule has 0 aliphatic heterocycles. The number of amides is 1. The molecular weight excluding hydrogens is 176 g/mol. The van der Waals surface area contributed by atoms with Gasteiger partial charge in [-0.25, -0.2) is 0 Å². The van der Waals surface area contributed by atoms with Crippen molar-refractivity contribution in [3.05, 3.63) is 0 Å². The summed E-state index contributed by atoms with van der Waals surface area (Å²) in [5.74, 6) is 1.83. The minimum atomic E-state index is -0.160.